The van der Waals surface area contributed by atoms with Crippen LogP contribution in [-0.2, 0) is 5.41 Å². The molecule has 4 rings (SSSR count). The van der Waals surface area contributed by atoms with Crippen LogP contribution in [0.5, 0.6) is 11.5 Å². The van der Waals surface area contributed by atoms with Gasteiger partial charge in [0.25, 0.3) is 5.56 Å². The van der Waals surface area contributed by atoms with Gasteiger partial charge in [0.2, 0.25) is 4.96 Å². The summed E-state index contributed by atoms with van der Waals surface area (Å²) in [6, 6.07) is 13.9. The fraction of sp³-hybridized carbons (Fsp3) is 0.240. The van der Waals surface area contributed by atoms with Gasteiger partial charge >= 0.3 is 0 Å². The van der Waals surface area contributed by atoms with Gasteiger partial charge in [0.15, 0.2) is 17.3 Å². The molecular weight excluding hydrogens is 422 g/mol. The zero-order chi connectivity index (χ0) is 22.9. The molecule has 7 heteroatoms. The van der Waals surface area contributed by atoms with Crippen molar-refractivity contribution in [2.75, 3.05) is 14.2 Å². The first-order chi connectivity index (χ1) is 15.3. The number of hydrogen-bond acceptors (Lipinski definition) is 6. The molecule has 0 atom stereocenters. The van der Waals surface area contributed by atoms with Crippen molar-refractivity contribution >= 4 is 34.5 Å². The van der Waals surface area contributed by atoms with Crippen LogP contribution in [0.15, 0.2) is 47.3 Å². The smallest absolute Gasteiger partial charge is 0.291 e. The third kappa shape index (κ3) is 4.43. The summed E-state index contributed by atoms with van der Waals surface area (Å²) in [5.41, 5.74) is 3.08. The Morgan fingerprint density at radius 1 is 0.938 bits per heavy atom. The van der Waals surface area contributed by atoms with Gasteiger partial charge in [-0.15, -0.1) is 5.10 Å². The lowest BCUT2D eigenvalue weighted by Crippen LogP contribution is -2.23. The van der Waals surface area contributed by atoms with E-state index in [2.05, 4.69) is 43.0 Å². The molecule has 0 fully saturated rings. The molecule has 0 unspecified atom stereocenters. The van der Waals surface area contributed by atoms with Crippen LogP contribution < -0.4 is 19.6 Å². The second-order valence-electron chi connectivity index (χ2n) is 8.40. The largest absolute Gasteiger partial charge is 0.493 e. The van der Waals surface area contributed by atoms with E-state index >= 15 is 0 Å². The number of rotatable bonds is 5. The lowest BCUT2D eigenvalue weighted by atomic mass is 9.87. The summed E-state index contributed by atoms with van der Waals surface area (Å²) < 4.78 is 12.6. The van der Waals surface area contributed by atoms with Gasteiger partial charge < -0.3 is 9.47 Å². The molecule has 164 valence electrons. The molecule has 0 radical (unpaired) electrons. The van der Waals surface area contributed by atoms with Crippen LogP contribution in [0.2, 0.25) is 0 Å². The summed E-state index contributed by atoms with van der Waals surface area (Å²) in [5.74, 6) is 1.79. The van der Waals surface area contributed by atoms with E-state index < -0.39 is 0 Å². The maximum Gasteiger partial charge on any atom is 0.291 e. The first-order valence-corrected chi connectivity index (χ1v) is 11.0. The molecule has 0 bridgehead atoms. The predicted molar refractivity (Wildman–Crippen MR) is 130 cm³/mol. The standard InChI is InChI=1S/C25H25N3O3S/c1-25(2,3)18-10-6-17(7-11-18)15-21-23(29)28-24(32-21)26-22(27-28)13-9-16-8-12-19(30-4)20(14-16)31-5/h6-15H,1-5H3. The number of ether oxygens (including phenoxy) is 2. The van der Waals surface area contributed by atoms with Gasteiger partial charge in [-0.3, -0.25) is 4.79 Å². The van der Waals surface area contributed by atoms with E-state index in [1.165, 1.54) is 21.4 Å². The number of fused-ring (bicyclic) bond motifs is 1. The van der Waals surface area contributed by atoms with E-state index in [0.29, 0.717) is 26.8 Å². The first kappa shape index (κ1) is 21.8. The molecule has 0 aliphatic heterocycles. The van der Waals surface area contributed by atoms with Gasteiger partial charge in [-0.2, -0.15) is 9.50 Å². The number of benzene rings is 2. The molecule has 32 heavy (non-hydrogen) atoms. The highest BCUT2D eigenvalue weighted by atomic mass is 32.1. The first-order valence-electron chi connectivity index (χ1n) is 10.2. The monoisotopic (exact) mass is 447 g/mol. The van der Waals surface area contributed by atoms with Crippen molar-refractivity contribution in [1.29, 1.82) is 0 Å². The Hall–Kier alpha value is -3.45. The Balaban J connectivity index is 1.60. The Kier molecular flexibility index (Phi) is 5.84. The van der Waals surface area contributed by atoms with E-state index in [4.69, 9.17) is 9.47 Å². The minimum Gasteiger partial charge on any atom is -0.493 e. The number of thiazole rings is 1. The lowest BCUT2D eigenvalue weighted by molar-refractivity contribution is 0.355. The van der Waals surface area contributed by atoms with Crippen LogP contribution in [0.1, 0.15) is 43.3 Å². The van der Waals surface area contributed by atoms with E-state index in [9.17, 15) is 4.79 Å². The molecule has 0 saturated carbocycles. The molecule has 0 spiro atoms. The third-order valence-electron chi connectivity index (χ3n) is 5.11. The fourth-order valence-electron chi connectivity index (χ4n) is 3.28. The van der Waals surface area contributed by atoms with Crippen LogP contribution in [0, 0.1) is 0 Å². The molecule has 0 aliphatic rings. The second-order valence-corrected chi connectivity index (χ2v) is 9.41. The van der Waals surface area contributed by atoms with Crippen LogP contribution in [-0.4, -0.2) is 28.8 Å². The number of hydrogen-bond donors (Lipinski definition) is 0. The summed E-state index contributed by atoms with van der Waals surface area (Å²) in [6.45, 7) is 6.54. The van der Waals surface area contributed by atoms with Gasteiger partial charge in [0, 0.05) is 0 Å². The normalized spacial score (nSPS) is 12.7. The van der Waals surface area contributed by atoms with Gasteiger partial charge in [-0.25, -0.2) is 0 Å². The topological polar surface area (TPSA) is 65.7 Å². The fourth-order valence-corrected chi connectivity index (χ4v) is 4.19. The van der Waals surface area contributed by atoms with Crippen molar-refractivity contribution in [2.24, 2.45) is 0 Å². The van der Waals surface area contributed by atoms with Crippen molar-refractivity contribution in [2.45, 2.75) is 26.2 Å². The number of aromatic nitrogens is 3. The Bertz CT molecular complexity index is 1390. The van der Waals surface area contributed by atoms with Crippen LogP contribution >= 0.6 is 11.3 Å². The molecule has 4 aromatic rings. The SMILES string of the molecule is COc1ccc(C=Cc2nc3sc(=Cc4ccc(C(C)(C)C)cc4)c(=O)n3n2)cc1OC. The summed E-state index contributed by atoms with van der Waals surface area (Å²) >= 11 is 1.33. The highest BCUT2D eigenvalue weighted by molar-refractivity contribution is 7.15. The number of nitrogens with zero attached hydrogens (tertiary/aromatic N) is 3. The van der Waals surface area contributed by atoms with Crippen LogP contribution in [0.4, 0.5) is 0 Å². The molecule has 6 nitrogen and oxygen atoms in total. The minimum absolute atomic E-state index is 0.0939. The minimum atomic E-state index is -0.164. The third-order valence-corrected chi connectivity index (χ3v) is 6.06. The van der Waals surface area contributed by atoms with Gasteiger partial charge in [-0.1, -0.05) is 68.5 Å². The molecule has 2 heterocycles. The van der Waals surface area contributed by atoms with Crippen molar-refractivity contribution in [1.82, 2.24) is 14.6 Å². The molecule has 0 amide bonds. The molecule has 2 aromatic carbocycles. The zero-order valence-corrected chi connectivity index (χ0v) is 19.6. The van der Waals surface area contributed by atoms with Crippen LogP contribution in [0.3, 0.4) is 0 Å². The van der Waals surface area contributed by atoms with Crippen molar-refractivity contribution in [3.05, 3.63) is 79.9 Å². The Morgan fingerprint density at radius 3 is 2.25 bits per heavy atom. The van der Waals surface area contributed by atoms with Crippen molar-refractivity contribution < 1.29 is 9.47 Å². The molecule has 2 aromatic heterocycles. The van der Waals surface area contributed by atoms with E-state index in [1.807, 2.05) is 42.5 Å². The average molecular weight is 448 g/mol. The van der Waals surface area contributed by atoms with Gasteiger partial charge in [-0.05, 0) is 46.4 Å². The van der Waals surface area contributed by atoms with Crippen molar-refractivity contribution in [3.8, 4) is 11.5 Å². The second kappa shape index (κ2) is 8.59. The van der Waals surface area contributed by atoms with E-state index in [0.717, 1.165) is 11.1 Å². The van der Waals surface area contributed by atoms with Crippen molar-refractivity contribution in [3.63, 3.8) is 0 Å². The predicted octanol–water partition coefficient (Wildman–Crippen LogP) is 4.18. The highest BCUT2D eigenvalue weighted by Crippen LogP contribution is 2.28. The van der Waals surface area contributed by atoms with E-state index in [1.54, 1.807) is 20.3 Å². The number of methoxy groups -OCH3 is 2. The average Bonchev–Trinajstić information content (AvgIpc) is 3.30. The Labute approximate surface area is 190 Å². The molecular formula is C25H25N3O3S. The van der Waals surface area contributed by atoms with Gasteiger partial charge in [0.1, 0.15) is 0 Å². The highest BCUT2D eigenvalue weighted by Gasteiger charge is 2.13. The lowest BCUT2D eigenvalue weighted by Gasteiger charge is -2.18. The summed E-state index contributed by atoms with van der Waals surface area (Å²) in [4.78, 5) is 17.8. The Morgan fingerprint density at radius 2 is 1.62 bits per heavy atom. The molecule has 0 N–H and O–H groups in total. The zero-order valence-electron chi connectivity index (χ0n) is 18.7. The maximum atomic E-state index is 12.8. The summed E-state index contributed by atoms with van der Waals surface area (Å²) in [6.07, 6.45) is 5.53. The quantitative estimate of drug-likeness (QED) is 0.459. The van der Waals surface area contributed by atoms with Gasteiger partial charge in [0.05, 0.1) is 18.8 Å². The summed E-state index contributed by atoms with van der Waals surface area (Å²) in [5, 5.41) is 4.35. The van der Waals surface area contributed by atoms with E-state index in [-0.39, 0.29) is 11.0 Å². The molecule has 0 aliphatic carbocycles. The van der Waals surface area contributed by atoms with Crippen LogP contribution in [0.25, 0.3) is 23.2 Å². The maximum absolute atomic E-state index is 12.8. The molecule has 0 saturated heterocycles. The summed E-state index contributed by atoms with van der Waals surface area (Å²) in [7, 11) is 3.20.